The van der Waals surface area contributed by atoms with E-state index in [0.29, 0.717) is 5.75 Å². The van der Waals surface area contributed by atoms with Crippen molar-refractivity contribution in [3.05, 3.63) is 39.4 Å². The largest absolute Gasteiger partial charge is 0.410 e. The van der Waals surface area contributed by atoms with Crippen LogP contribution in [0.4, 0.5) is 0 Å². The molecule has 0 saturated heterocycles. The van der Waals surface area contributed by atoms with Crippen LogP contribution in [0.2, 0.25) is 0 Å². The molecule has 3 bridgehead atoms. The van der Waals surface area contributed by atoms with E-state index >= 15 is 0 Å². The Balaban J connectivity index is 1.61. The Bertz CT molecular complexity index is 880. The molecule has 3 fully saturated rings. The number of benzene rings is 1. The van der Waals surface area contributed by atoms with E-state index in [9.17, 15) is 4.79 Å². The van der Waals surface area contributed by atoms with Crippen molar-refractivity contribution in [3.8, 4) is 5.75 Å². The van der Waals surface area contributed by atoms with Crippen molar-refractivity contribution in [1.29, 1.82) is 0 Å². The van der Waals surface area contributed by atoms with Crippen LogP contribution in [0.3, 0.4) is 0 Å². The van der Waals surface area contributed by atoms with Gasteiger partial charge >= 0.3 is 0 Å². The second-order valence-corrected chi connectivity index (χ2v) is 9.69. The zero-order valence-corrected chi connectivity index (χ0v) is 15.8. The van der Waals surface area contributed by atoms with E-state index in [2.05, 4.69) is 0 Å². The molecule has 5 rings (SSSR count). The van der Waals surface area contributed by atoms with Crippen molar-refractivity contribution in [3.63, 3.8) is 0 Å². The molecule has 1 heterocycles. The summed E-state index contributed by atoms with van der Waals surface area (Å²) in [7, 11) is 0. The average molecular weight is 374 g/mol. The van der Waals surface area contributed by atoms with Crippen LogP contribution in [0.15, 0.2) is 29.1 Å². The molecule has 2 N–H and O–H groups in total. The predicted molar refractivity (Wildman–Crippen MR) is 105 cm³/mol. The molecule has 1 aromatic carbocycles. The van der Waals surface area contributed by atoms with E-state index in [-0.39, 0.29) is 10.8 Å². The summed E-state index contributed by atoms with van der Waals surface area (Å²) in [6.45, 7) is 0. The smallest absolute Gasteiger partial charge is 0.188 e. The highest BCUT2D eigenvalue weighted by Gasteiger charge is 2.50. The molecule has 4 unspecified atom stereocenters. The molecule has 132 valence electrons. The maximum Gasteiger partial charge on any atom is 0.188 e. The lowest BCUT2D eigenvalue weighted by Gasteiger charge is -2.40. The van der Waals surface area contributed by atoms with Gasteiger partial charge in [0.1, 0.15) is 18.0 Å². The van der Waals surface area contributed by atoms with Crippen molar-refractivity contribution in [2.45, 2.75) is 50.4 Å². The van der Waals surface area contributed by atoms with Crippen LogP contribution in [-0.4, -0.2) is 0 Å². The minimum atomic E-state index is 0.129. The fourth-order valence-electron chi connectivity index (χ4n) is 5.98. The molecule has 3 saturated carbocycles. The quantitative estimate of drug-likeness (QED) is 0.606. The predicted octanol–water partition coefficient (Wildman–Crippen LogP) is 5.02. The van der Waals surface area contributed by atoms with Gasteiger partial charge in [0.15, 0.2) is 5.43 Å². The molecule has 1 aromatic heterocycles. The Morgan fingerprint density at radius 1 is 1.20 bits per heavy atom. The SMILES string of the molecule is NSOc1ccc2sc(C34CCCC5CC(CC5C3)C4)cc(=O)c2c1. The topological polar surface area (TPSA) is 52.3 Å². The highest BCUT2D eigenvalue weighted by Crippen LogP contribution is 2.60. The van der Waals surface area contributed by atoms with E-state index in [4.69, 9.17) is 9.32 Å². The Hall–Kier alpha value is -1.04. The first-order valence-corrected chi connectivity index (χ1v) is 10.9. The summed E-state index contributed by atoms with van der Waals surface area (Å²) < 4.78 is 6.35. The van der Waals surface area contributed by atoms with Gasteiger partial charge in [-0.1, -0.05) is 12.8 Å². The lowest BCUT2D eigenvalue weighted by Crippen LogP contribution is -2.33. The summed E-state index contributed by atoms with van der Waals surface area (Å²) >= 11 is 2.64. The summed E-state index contributed by atoms with van der Waals surface area (Å²) in [5.41, 5.74) is 0.392. The molecule has 0 spiro atoms. The first-order chi connectivity index (χ1) is 12.2. The zero-order valence-electron chi connectivity index (χ0n) is 14.2. The molecular formula is C20H23NO2S2. The van der Waals surface area contributed by atoms with Crippen molar-refractivity contribution in [1.82, 2.24) is 0 Å². The standard InChI is InChI=1S/C20H23NO2S2/c21-25-23-15-3-4-18-16(8-15)17(22)9-19(24-18)20-5-1-2-13-6-12(10-20)7-14(13)11-20/h3-4,8-9,12-14H,1-2,5-7,10-11,21H2. The third-order valence-corrected chi connectivity index (χ3v) is 8.50. The van der Waals surface area contributed by atoms with Crippen LogP contribution in [0.25, 0.3) is 10.1 Å². The lowest BCUT2D eigenvalue weighted by atomic mass is 9.66. The minimum Gasteiger partial charge on any atom is -0.410 e. The van der Waals surface area contributed by atoms with Crippen LogP contribution in [0.5, 0.6) is 5.75 Å². The maximum absolute atomic E-state index is 12.8. The highest BCUT2D eigenvalue weighted by molar-refractivity contribution is 7.92. The Morgan fingerprint density at radius 3 is 2.96 bits per heavy atom. The van der Waals surface area contributed by atoms with Gasteiger partial charge in [-0.05, 0) is 74.1 Å². The first-order valence-electron chi connectivity index (χ1n) is 9.29. The summed E-state index contributed by atoms with van der Waals surface area (Å²) in [6.07, 6.45) is 9.48. The normalized spacial score (nSPS) is 33.6. The Kier molecular flexibility index (Phi) is 3.88. The van der Waals surface area contributed by atoms with Gasteiger partial charge in [0.25, 0.3) is 0 Å². The molecule has 4 atom stereocenters. The Morgan fingerprint density at radius 2 is 2.08 bits per heavy atom. The van der Waals surface area contributed by atoms with E-state index in [1.165, 1.54) is 49.8 Å². The molecule has 3 nitrogen and oxygen atoms in total. The molecule has 3 aliphatic rings. The van der Waals surface area contributed by atoms with E-state index in [1.54, 1.807) is 0 Å². The van der Waals surface area contributed by atoms with E-state index < -0.39 is 0 Å². The molecule has 2 aromatic rings. The van der Waals surface area contributed by atoms with E-state index in [0.717, 1.165) is 40.1 Å². The molecule has 3 aliphatic carbocycles. The average Bonchev–Trinajstić information content (AvgIpc) is 2.81. The highest BCUT2D eigenvalue weighted by atomic mass is 32.2. The molecule has 0 aliphatic heterocycles. The molecule has 5 heteroatoms. The van der Waals surface area contributed by atoms with Crippen molar-refractivity contribution >= 4 is 33.7 Å². The molecular weight excluding hydrogens is 350 g/mol. The second kappa shape index (κ2) is 6.00. The van der Waals surface area contributed by atoms with Gasteiger partial charge < -0.3 is 4.18 Å². The fraction of sp³-hybridized carbons (Fsp3) is 0.550. The van der Waals surface area contributed by atoms with Crippen molar-refractivity contribution in [2.75, 3.05) is 0 Å². The second-order valence-electron chi connectivity index (χ2n) is 8.25. The van der Waals surface area contributed by atoms with Crippen LogP contribution in [0, 0.1) is 17.8 Å². The van der Waals surface area contributed by atoms with Crippen molar-refractivity contribution < 1.29 is 4.18 Å². The summed E-state index contributed by atoms with van der Waals surface area (Å²) in [5, 5.41) is 6.12. The number of hydrogen-bond donors (Lipinski definition) is 1. The van der Waals surface area contributed by atoms with Gasteiger partial charge in [0, 0.05) is 20.4 Å². The number of hydrogen-bond acceptors (Lipinski definition) is 5. The maximum atomic E-state index is 12.8. The summed E-state index contributed by atoms with van der Waals surface area (Å²) in [5.74, 6) is 3.39. The summed E-state index contributed by atoms with van der Waals surface area (Å²) in [6, 6.07) is 7.69. The van der Waals surface area contributed by atoms with Gasteiger partial charge in [-0.3, -0.25) is 4.79 Å². The van der Waals surface area contributed by atoms with Crippen molar-refractivity contribution in [2.24, 2.45) is 22.9 Å². The Labute approximate surface area is 156 Å². The third kappa shape index (κ3) is 2.63. The first kappa shape index (κ1) is 16.2. The van der Waals surface area contributed by atoms with Crippen LogP contribution in [0.1, 0.15) is 49.8 Å². The third-order valence-electron chi connectivity index (χ3n) is 6.87. The van der Waals surface area contributed by atoms with Gasteiger partial charge in [-0.15, -0.1) is 11.3 Å². The minimum absolute atomic E-state index is 0.129. The van der Waals surface area contributed by atoms with Gasteiger partial charge in [0.2, 0.25) is 0 Å². The van der Waals surface area contributed by atoms with Crippen LogP contribution < -0.4 is 14.8 Å². The van der Waals surface area contributed by atoms with Crippen LogP contribution in [-0.2, 0) is 5.41 Å². The lowest BCUT2D eigenvalue weighted by molar-refractivity contribution is 0.209. The molecule has 25 heavy (non-hydrogen) atoms. The monoisotopic (exact) mass is 373 g/mol. The zero-order chi connectivity index (χ0) is 17.0. The van der Waals surface area contributed by atoms with Gasteiger partial charge in [-0.25, -0.2) is 5.14 Å². The number of fused-ring (bicyclic) bond motifs is 3. The molecule has 0 radical (unpaired) electrons. The van der Waals surface area contributed by atoms with Gasteiger partial charge in [-0.2, -0.15) is 0 Å². The van der Waals surface area contributed by atoms with E-state index in [1.807, 2.05) is 35.6 Å². The summed E-state index contributed by atoms with van der Waals surface area (Å²) in [4.78, 5) is 14.2. The van der Waals surface area contributed by atoms with Crippen LogP contribution >= 0.6 is 23.6 Å². The fourth-order valence-corrected chi connectivity index (χ4v) is 7.49. The number of nitrogens with two attached hydrogens (primary N) is 1. The number of rotatable bonds is 3. The van der Waals surface area contributed by atoms with Gasteiger partial charge in [0.05, 0.1) is 0 Å². The molecule has 0 amide bonds.